The van der Waals surface area contributed by atoms with Crippen LogP contribution in [0.1, 0.15) is 35.6 Å². The molecule has 0 saturated heterocycles. The van der Waals surface area contributed by atoms with Crippen molar-refractivity contribution in [2.24, 2.45) is 0 Å². The van der Waals surface area contributed by atoms with E-state index in [1.54, 1.807) is 0 Å². The molecule has 0 amide bonds. The Hall–Kier alpha value is -2.06. The van der Waals surface area contributed by atoms with Crippen LogP contribution in [0.3, 0.4) is 0 Å². The molecule has 2 heteroatoms. The zero-order valence-corrected chi connectivity index (χ0v) is 11.6. The second-order valence-corrected chi connectivity index (χ2v) is 5.64. The quantitative estimate of drug-likeness (QED) is 0.682. The van der Waals surface area contributed by atoms with Crippen LogP contribution in [0, 0.1) is 0 Å². The van der Waals surface area contributed by atoms with Crippen LogP contribution in [0.25, 0.3) is 10.9 Å². The van der Waals surface area contributed by atoms with Crippen LogP contribution < -0.4 is 5.32 Å². The first kappa shape index (κ1) is 11.7. The second-order valence-electron chi connectivity index (χ2n) is 5.64. The maximum Gasteiger partial charge on any atom is 0.0456 e. The molecule has 1 aliphatic heterocycles. The molecule has 2 N–H and O–H groups in total. The molecule has 1 aromatic heterocycles. The van der Waals surface area contributed by atoms with E-state index in [2.05, 4.69) is 65.8 Å². The summed E-state index contributed by atoms with van der Waals surface area (Å²) in [4.78, 5) is 3.31. The standard InChI is InChI=1S/C18H18N2/c1-12-15-4-2-3-5-16(15)17(11-20-12)14-7-6-13-8-9-19-18(13)10-14/h2-10,12,17,19-20H,11H2,1H3/t12-,17-/m0/s1. The van der Waals surface area contributed by atoms with Crippen LogP contribution >= 0.6 is 0 Å². The van der Waals surface area contributed by atoms with Crippen molar-refractivity contribution in [2.45, 2.75) is 18.9 Å². The number of hydrogen-bond donors (Lipinski definition) is 2. The van der Waals surface area contributed by atoms with E-state index in [-0.39, 0.29) is 0 Å². The van der Waals surface area contributed by atoms with Gasteiger partial charge in [0.1, 0.15) is 0 Å². The van der Waals surface area contributed by atoms with Gasteiger partial charge in [-0.05, 0) is 41.1 Å². The molecule has 0 aliphatic carbocycles. The molecule has 2 atom stereocenters. The van der Waals surface area contributed by atoms with Gasteiger partial charge in [0.15, 0.2) is 0 Å². The van der Waals surface area contributed by atoms with Crippen LogP contribution in [0.5, 0.6) is 0 Å². The molecule has 1 aliphatic rings. The van der Waals surface area contributed by atoms with Gasteiger partial charge >= 0.3 is 0 Å². The summed E-state index contributed by atoms with van der Waals surface area (Å²) in [5, 5.41) is 4.90. The minimum absolute atomic E-state index is 0.440. The molecule has 0 fully saturated rings. The number of hydrogen-bond acceptors (Lipinski definition) is 1. The van der Waals surface area contributed by atoms with E-state index in [1.807, 2.05) is 6.20 Å². The Morgan fingerprint density at radius 2 is 1.85 bits per heavy atom. The van der Waals surface area contributed by atoms with Gasteiger partial charge in [-0.3, -0.25) is 0 Å². The first-order valence-corrected chi connectivity index (χ1v) is 7.22. The monoisotopic (exact) mass is 262 g/mol. The number of rotatable bonds is 1. The maximum absolute atomic E-state index is 3.62. The van der Waals surface area contributed by atoms with Crippen molar-refractivity contribution >= 4 is 10.9 Å². The normalized spacial score (nSPS) is 21.9. The average molecular weight is 262 g/mol. The lowest BCUT2D eigenvalue weighted by Crippen LogP contribution is -2.31. The Bertz CT molecular complexity index is 757. The fourth-order valence-corrected chi connectivity index (χ4v) is 3.32. The summed E-state index contributed by atoms with van der Waals surface area (Å²) in [6.07, 6.45) is 2.00. The summed E-state index contributed by atoms with van der Waals surface area (Å²) in [5.74, 6) is 0.440. The van der Waals surface area contributed by atoms with E-state index in [4.69, 9.17) is 0 Å². The van der Waals surface area contributed by atoms with Crippen molar-refractivity contribution in [3.8, 4) is 0 Å². The zero-order valence-electron chi connectivity index (χ0n) is 11.6. The van der Waals surface area contributed by atoms with Crippen molar-refractivity contribution in [3.63, 3.8) is 0 Å². The van der Waals surface area contributed by atoms with Gasteiger partial charge in [0.05, 0.1) is 0 Å². The molecule has 4 rings (SSSR count). The summed E-state index contributed by atoms with van der Waals surface area (Å²) in [5.41, 5.74) is 5.49. The predicted molar refractivity (Wildman–Crippen MR) is 83.0 cm³/mol. The highest BCUT2D eigenvalue weighted by Crippen LogP contribution is 2.35. The third kappa shape index (κ3) is 1.76. The first-order chi connectivity index (χ1) is 9.83. The van der Waals surface area contributed by atoms with E-state index in [0.717, 1.165) is 6.54 Å². The number of benzene rings is 2. The molecule has 0 spiro atoms. The van der Waals surface area contributed by atoms with Crippen LogP contribution in [0.2, 0.25) is 0 Å². The number of H-pyrrole nitrogens is 1. The molecule has 0 bridgehead atoms. The van der Waals surface area contributed by atoms with Gasteiger partial charge in [0.2, 0.25) is 0 Å². The van der Waals surface area contributed by atoms with Gasteiger partial charge in [-0.25, -0.2) is 0 Å². The van der Waals surface area contributed by atoms with Crippen LogP contribution in [0.4, 0.5) is 0 Å². The predicted octanol–water partition coefficient (Wildman–Crippen LogP) is 3.96. The SMILES string of the molecule is C[C@@H]1NC[C@@H](c2ccc3cc[nH]c3c2)c2ccccc21. The van der Waals surface area contributed by atoms with Gasteiger partial charge in [-0.15, -0.1) is 0 Å². The van der Waals surface area contributed by atoms with E-state index >= 15 is 0 Å². The van der Waals surface area contributed by atoms with Crippen molar-refractivity contribution in [3.05, 3.63) is 71.4 Å². The minimum Gasteiger partial charge on any atom is -0.361 e. The molecule has 0 unspecified atom stereocenters. The molecule has 3 aromatic rings. The largest absolute Gasteiger partial charge is 0.361 e. The molecule has 20 heavy (non-hydrogen) atoms. The summed E-state index contributed by atoms with van der Waals surface area (Å²) < 4.78 is 0. The Morgan fingerprint density at radius 1 is 1.00 bits per heavy atom. The van der Waals surface area contributed by atoms with E-state index in [0.29, 0.717) is 12.0 Å². The molecule has 0 saturated carbocycles. The maximum atomic E-state index is 3.62. The Morgan fingerprint density at radius 3 is 2.75 bits per heavy atom. The minimum atomic E-state index is 0.440. The summed E-state index contributed by atoms with van der Waals surface area (Å²) in [6.45, 7) is 3.24. The van der Waals surface area contributed by atoms with Crippen molar-refractivity contribution in [1.82, 2.24) is 10.3 Å². The smallest absolute Gasteiger partial charge is 0.0456 e. The highest BCUT2D eigenvalue weighted by Gasteiger charge is 2.25. The number of aromatic nitrogens is 1. The zero-order chi connectivity index (χ0) is 13.5. The molecular formula is C18H18N2. The number of fused-ring (bicyclic) bond motifs is 2. The molecule has 2 nitrogen and oxygen atoms in total. The summed E-state index contributed by atoms with van der Waals surface area (Å²) >= 11 is 0. The Labute approximate surface area is 118 Å². The number of nitrogens with one attached hydrogen (secondary N) is 2. The third-order valence-corrected chi connectivity index (χ3v) is 4.45. The van der Waals surface area contributed by atoms with E-state index in [9.17, 15) is 0 Å². The lowest BCUT2D eigenvalue weighted by molar-refractivity contribution is 0.508. The average Bonchev–Trinajstić information content (AvgIpc) is 2.95. The highest BCUT2D eigenvalue weighted by molar-refractivity contribution is 5.80. The van der Waals surface area contributed by atoms with E-state index < -0.39 is 0 Å². The molecular weight excluding hydrogens is 244 g/mol. The van der Waals surface area contributed by atoms with Gasteiger partial charge in [-0.2, -0.15) is 0 Å². The van der Waals surface area contributed by atoms with Crippen LogP contribution in [-0.4, -0.2) is 11.5 Å². The van der Waals surface area contributed by atoms with Crippen molar-refractivity contribution < 1.29 is 0 Å². The van der Waals surface area contributed by atoms with Gasteiger partial charge in [-0.1, -0.05) is 36.4 Å². The Kier molecular flexibility index (Phi) is 2.64. The molecule has 2 aromatic carbocycles. The molecule has 100 valence electrons. The lowest BCUT2D eigenvalue weighted by atomic mass is 9.83. The second kappa shape index (κ2) is 4.50. The van der Waals surface area contributed by atoms with Gasteiger partial charge in [0, 0.05) is 30.2 Å². The third-order valence-electron chi connectivity index (χ3n) is 4.45. The first-order valence-electron chi connectivity index (χ1n) is 7.22. The highest BCUT2D eigenvalue weighted by atomic mass is 14.9. The lowest BCUT2D eigenvalue weighted by Gasteiger charge is -2.31. The fourth-order valence-electron chi connectivity index (χ4n) is 3.32. The van der Waals surface area contributed by atoms with Crippen molar-refractivity contribution in [1.29, 1.82) is 0 Å². The van der Waals surface area contributed by atoms with Crippen molar-refractivity contribution in [2.75, 3.05) is 6.54 Å². The van der Waals surface area contributed by atoms with Crippen LogP contribution in [0.15, 0.2) is 54.7 Å². The van der Waals surface area contributed by atoms with E-state index in [1.165, 1.54) is 27.6 Å². The fraction of sp³-hybridized carbons (Fsp3) is 0.222. The van der Waals surface area contributed by atoms with Gasteiger partial charge < -0.3 is 10.3 Å². The summed E-state index contributed by atoms with van der Waals surface area (Å²) in [6, 6.07) is 18.1. The van der Waals surface area contributed by atoms with Gasteiger partial charge in [0.25, 0.3) is 0 Å². The Balaban J connectivity index is 1.84. The summed E-state index contributed by atoms with van der Waals surface area (Å²) in [7, 11) is 0. The molecule has 2 heterocycles. The van der Waals surface area contributed by atoms with Crippen LogP contribution in [-0.2, 0) is 0 Å². The molecule has 0 radical (unpaired) electrons. The topological polar surface area (TPSA) is 27.8 Å². The number of aromatic amines is 1.